The highest BCUT2D eigenvalue weighted by Crippen LogP contribution is 2.20. The lowest BCUT2D eigenvalue weighted by atomic mass is 10.0. The Kier molecular flexibility index (Phi) is 18.0. The first-order chi connectivity index (χ1) is 13.8. The van der Waals surface area contributed by atoms with E-state index >= 15 is 0 Å². The molecule has 1 aliphatic heterocycles. The van der Waals surface area contributed by atoms with E-state index in [2.05, 4.69) is 6.92 Å². The summed E-state index contributed by atoms with van der Waals surface area (Å²) in [5, 5.41) is 0. The molecule has 1 aliphatic rings. The molecule has 1 heterocycles. The molecule has 2 nitrogen and oxygen atoms in total. The zero-order valence-electron chi connectivity index (χ0n) is 19.2. The molecule has 0 spiro atoms. The van der Waals surface area contributed by atoms with Crippen LogP contribution in [0.4, 0.5) is 0 Å². The van der Waals surface area contributed by atoms with E-state index in [-0.39, 0.29) is 12.1 Å². The predicted octanol–water partition coefficient (Wildman–Crippen LogP) is 8.90. The van der Waals surface area contributed by atoms with Crippen molar-refractivity contribution < 1.29 is 9.53 Å². The van der Waals surface area contributed by atoms with E-state index in [1.807, 2.05) is 0 Å². The van der Waals surface area contributed by atoms with Crippen LogP contribution >= 0.6 is 0 Å². The Bertz CT molecular complexity index is 339. The van der Waals surface area contributed by atoms with Crippen LogP contribution in [0.15, 0.2) is 0 Å². The van der Waals surface area contributed by atoms with E-state index in [1.54, 1.807) is 0 Å². The van der Waals surface area contributed by atoms with E-state index in [0.29, 0.717) is 6.42 Å². The van der Waals surface area contributed by atoms with Crippen molar-refractivity contribution in [2.24, 2.45) is 0 Å². The van der Waals surface area contributed by atoms with Gasteiger partial charge < -0.3 is 4.74 Å². The minimum absolute atomic E-state index is 0.0122. The lowest BCUT2D eigenvalue weighted by Gasteiger charge is -2.08. The van der Waals surface area contributed by atoms with Gasteiger partial charge in [0.15, 0.2) is 0 Å². The number of ether oxygens (including phenoxy) is 1. The molecule has 0 bridgehead atoms. The molecule has 0 aliphatic carbocycles. The van der Waals surface area contributed by atoms with Crippen LogP contribution in [0.3, 0.4) is 0 Å². The summed E-state index contributed by atoms with van der Waals surface area (Å²) in [5.41, 5.74) is 0. The number of rotatable bonds is 21. The van der Waals surface area contributed by atoms with Crippen molar-refractivity contribution in [2.75, 3.05) is 0 Å². The zero-order chi connectivity index (χ0) is 20.1. The van der Waals surface area contributed by atoms with Crippen molar-refractivity contribution in [3.8, 4) is 0 Å². The summed E-state index contributed by atoms with van der Waals surface area (Å²) in [4.78, 5) is 11.0. The van der Waals surface area contributed by atoms with Crippen LogP contribution in [0.5, 0.6) is 0 Å². The molecule has 1 saturated heterocycles. The molecule has 1 fully saturated rings. The van der Waals surface area contributed by atoms with Gasteiger partial charge in [0.2, 0.25) is 0 Å². The third-order valence-electron chi connectivity index (χ3n) is 6.35. The first-order valence-corrected chi connectivity index (χ1v) is 13.0. The van der Waals surface area contributed by atoms with Gasteiger partial charge >= 0.3 is 5.97 Å². The lowest BCUT2D eigenvalue weighted by molar-refractivity contribution is -0.141. The van der Waals surface area contributed by atoms with Gasteiger partial charge in [-0.1, -0.05) is 129 Å². The summed E-state index contributed by atoms with van der Waals surface area (Å²) in [7, 11) is 0. The van der Waals surface area contributed by atoms with Gasteiger partial charge in [0, 0.05) is 6.42 Å². The number of carbonyl (C=O) groups excluding carboxylic acids is 1. The van der Waals surface area contributed by atoms with Gasteiger partial charge in [-0.3, -0.25) is 4.79 Å². The van der Waals surface area contributed by atoms with Crippen molar-refractivity contribution in [3.63, 3.8) is 0 Å². The van der Waals surface area contributed by atoms with Gasteiger partial charge in [0.25, 0.3) is 0 Å². The molecular weight excluding hydrogens is 344 g/mol. The maximum atomic E-state index is 11.0. The van der Waals surface area contributed by atoms with Crippen LogP contribution < -0.4 is 0 Å². The number of unbranched alkanes of at least 4 members (excludes halogenated alkanes) is 19. The fourth-order valence-electron chi connectivity index (χ4n) is 4.41. The van der Waals surface area contributed by atoms with E-state index in [4.69, 9.17) is 4.74 Å². The quantitative estimate of drug-likeness (QED) is 0.143. The Morgan fingerprint density at radius 2 is 0.964 bits per heavy atom. The molecule has 0 saturated carbocycles. The SMILES string of the molecule is CCCCCCCCCCCCCCCCCCCCCCC1CCC(=O)O1. The monoisotopic (exact) mass is 394 g/mol. The third-order valence-corrected chi connectivity index (χ3v) is 6.35. The molecule has 166 valence electrons. The first kappa shape index (κ1) is 25.5. The van der Waals surface area contributed by atoms with E-state index in [1.165, 1.54) is 128 Å². The maximum Gasteiger partial charge on any atom is 0.306 e. The summed E-state index contributed by atoms with van der Waals surface area (Å²) in [5.74, 6) is 0.0122. The molecule has 0 aromatic rings. The number of carbonyl (C=O) groups is 1. The topological polar surface area (TPSA) is 26.3 Å². The number of hydrogen-bond donors (Lipinski definition) is 0. The van der Waals surface area contributed by atoms with Crippen LogP contribution in [0.2, 0.25) is 0 Å². The molecule has 1 atom stereocenters. The van der Waals surface area contributed by atoms with Crippen molar-refractivity contribution >= 4 is 5.97 Å². The number of hydrogen-bond acceptors (Lipinski definition) is 2. The Labute approximate surface area is 176 Å². The summed E-state index contributed by atoms with van der Waals surface area (Å²) < 4.78 is 5.26. The highest BCUT2D eigenvalue weighted by Gasteiger charge is 2.22. The Hall–Kier alpha value is -0.530. The molecule has 0 aromatic heterocycles. The molecule has 1 rings (SSSR count). The Morgan fingerprint density at radius 3 is 1.29 bits per heavy atom. The molecule has 0 aromatic carbocycles. The molecule has 1 unspecified atom stereocenters. The third kappa shape index (κ3) is 16.4. The zero-order valence-corrected chi connectivity index (χ0v) is 19.2. The van der Waals surface area contributed by atoms with Crippen LogP contribution in [0, 0.1) is 0 Å². The number of esters is 1. The fourth-order valence-corrected chi connectivity index (χ4v) is 4.41. The highest BCUT2D eigenvalue weighted by molar-refractivity contribution is 5.71. The van der Waals surface area contributed by atoms with E-state index < -0.39 is 0 Å². The number of cyclic esters (lactones) is 1. The Balaban J connectivity index is 1.64. The minimum atomic E-state index is 0.0122. The molecule has 2 heteroatoms. The molecule has 28 heavy (non-hydrogen) atoms. The van der Waals surface area contributed by atoms with Crippen LogP contribution in [0.1, 0.15) is 155 Å². The largest absolute Gasteiger partial charge is 0.462 e. The lowest BCUT2D eigenvalue weighted by Crippen LogP contribution is -2.06. The van der Waals surface area contributed by atoms with Crippen LogP contribution in [-0.2, 0) is 9.53 Å². The summed E-state index contributed by atoms with van der Waals surface area (Å²) in [6, 6.07) is 0. The van der Waals surface area contributed by atoms with Gasteiger partial charge in [-0.05, 0) is 19.3 Å². The molecular formula is C26H50O2. The van der Waals surface area contributed by atoms with Crippen molar-refractivity contribution in [3.05, 3.63) is 0 Å². The van der Waals surface area contributed by atoms with Gasteiger partial charge in [-0.15, -0.1) is 0 Å². The predicted molar refractivity (Wildman–Crippen MR) is 122 cm³/mol. The van der Waals surface area contributed by atoms with Crippen molar-refractivity contribution in [2.45, 2.75) is 161 Å². The van der Waals surface area contributed by atoms with Crippen molar-refractivity contribution in [1.29, 1.82) is 0 Å². The van der Waals surface area contributed by atoms with E-state index in [0.717, 1.165) is 12.8 Å². The van der Waals surface area contributed by atoms with Crippen molar-refractivity contribution in [1.82, 2.24) is 0 Å². The second kappa shape index (κ2) is 19.8. The normalized spacial score (nSPS) is 16.6. The van der Waals surface area contributed by atoms with E-state index in [9.17, 15) is 4.79 Å². The van der Waals surface area contributed by atoms with Gasteiger partial charge in [0.1, 0.15) is 6.10 Å². The molecule has 0 amide bonds. The molecule has 0 N–H and O–H groups in total. The standard InChI is InChI=1S/C26H50O2/c1-2-3-4-5-6-7-8-9-10-11-12-13-14-15-16-17-18-19-20-21-22-25-23-24-26(27)28-25/h25H,2-24H2,1H3. The van der Waals surface area contributed by atoms with Gasteiger partial charge in [0.05, 0.1) is 0 Å². The Morgan fingerprint density at radius 1 is 0.607 bits per heavy atom. The van der Waals surface area contributed by atoms with Crippen LogP contribution in [-0.4, -0.2) is 12.1 Å². The first-order valence-electron chi connectivity index (χ1n) is 13.0. The highest BCUT2D eigenvalue weighted by atomic mass is 16.5. The summed E-state index contributed by atoms with van der Waals surface area (Å²) >= 11 is 0. The summed E-state index contributed by atoms with van der Waals surface area (Å²) in [6.45, 7) is 2.29. The summed E-state index contributed by atoms with van der Waals surface area (Å²) in [6.07, 6.45) is 31.4. The second-order valence-electron chi connectivity index (χ2n) is 9.16. The molecule has 0 radical (unpaired) electrons. The maximum absolute atomic E-state index is 11.0. The average Bonchev–Trinajstić information content (AvgIpc) is 3.11. The minimum Gasteiger partial charge on any atom is -0.462 e. The average molecular weight is 395 g/mol. The smallest absolute Gasteiger partial charge is 0.306 e. The van der Waals surface area contributed by atoms with Crippen LogP contribution in [0.25, 0.3) is 0 Å². The van der Waals surface area contributed by atoms with Gasteiger partial charge in [-0.25, -0.2) is 0 Å². The fraction of sp³-hybridized carbons (Fsp3) is 0.962. The second-order valence-corrected chi connectivity index (χ2v) is 9.16. The van der Waals surface area contributed by atoms with Gasteiger partial charge in [-0.2, -0.15) is 0 Å².